The number of hydrogen-bond acceptors (Lipinski definition) is 2. The van der Waals surface area contributed by atoms with Gasteiger partial charge in [0, 0.05) is 19.3 Å². The fourth-order valence-electron chi connectivity index (χ4n) is 1.02. The lowest BCUT2D eigenvalue weighted by atomic mass is 10.2. The predicted octanol–water partition coefficient (Wildman–Crippen LogP) is 2.91. The Bertz CT molecular complexity index is 198. The van der Waals surface area contributed by atoms with Gasteiger partial charge in [0.2, 0.25) is 0 Å². The van der Waals surface area contributed by atoms with Gasteiger partial charge in [-0.05, 0) is 6.42 Å². The molecule has 0 saturated carbocycles. The quantitative estimate of drug-likeness (QED) is 0.371. The molecule has 0 unspecified atom stereocenters. The van der Waals surface area contributed by atoms with Gasteiger partial charge in [0.05, 0.1) is 0 Å². The lowest BCUT2D eigenvalue weighted by molar-refractivity contribution is -0.143. The number of unbranched alkanes of at least 4 members (excludes halogenated alkanes) is 2. The molecular formula is C12H20O2. The van der Waals surface area contributed by atoms with Crippen LogP contribution < -0.4 is 0 Å². The summed E-state index contributed by atoms with van der Waals surface area (Å²) in [5, 5.41) is 0. The first-order chi connectivity index (χ1) is 6.81. The lowest BCUT2D eigenvalue weighted by Gasteiger charge is -2.01. The Hall–Kier alpha value is -0.970. The molecule has 0 fully saturated rings. The Morgan fingerprint density at radius 1 is 1.21 bits per heavy atom. The van der Waals surface area contributed by atoms with E-state index < -0.39 is 0 Å². The second kappa shape index (κ2) is 10.1. The maximum atomic E-state index is 11.1. The van der Waals surface area contributed by atoms with Crippen molar-refractivity contribution in [1.82, 2.24) is 0 Å². The molecule has 0 N–H and O–H groups in total. The number of hydrogen-bond donors (Lipinski definition) is 0. The van der Waals surface area contributed by atoms with Crippen molar-refractivity contribution in [2.24, 2.45) is 0 Å². The summed E-state index contributed by atoms with van der Waals surface area (Å²) in [6.45, 7) is 4.56. The third-order valence-corrected chi connectivity index (χ3v) is 1.78. The number of rotatable bonds is 6. The summed E-state index contributed by atoms with van der Waals surface area (Å²) in [5.74, 6) is 5.78. The molecule has 0 rings (SSSR count). The van der Waals surface area contributed by atoms with Crippen molar-refractivity contribution in [2.45, 2.75) is 52.4 Å². The highest BCUT2D eigenvalue weighted by molar-refractivity contribution is 5.69. The van der Waals surface area contributed by atoms with E-state index in [1.54, 1.807) is 0 Å². The van der Waals surface area contributed by atoms with Crippen LogP contribution in [-0.2, 0) is 9.53 Å². The predicted molar refractivity (Wildman–Crippen MR) is 57.8 cm³/mol. The number of carbonyl (C=O) groups is 1. The van der Waals surface area contributed by atoms with Gasteiger partial charge < -0.3 is 4.74 Å². The summed E-state index contributed by atoms with van der Waals surface area (Å²) in [6, 6.07) is 0. The molecule has 14 heavy (non-hydrogen) atoms. The second-order valence-electron chi connectivity index (χ2n) is 3.13. The van der Waals surface area contributed by atoms with Gasteiger partial charge in [0.1, 0.15) is 6.61 Å². The summed E-state index contributed by atoms with van der Waals surface area (Å²) in [5.41, 5.74) is 0. The van der Waals surface area contributed by atoms with Crippen molar-refractivity contribution in [3.8, 4) is 11.8 Å². The number of carbonyl (C=O) groups excluding carboxylic acids is 1. The monoisotopic (exact) mass is 196 g/mol. The summed E-state index contributed by atoms with van der Waals surface area (Å²) in [4.78, 5) is 11.1. The van der Waals surface area contributed by atoms with E-state index in [0.29, 0.717) is 19.4 Å². The minimum Gasteiger partial charge on any atom is -0.465 e. The highest BCUT2D eigenvalue weighted by atomic mass is 16.5. The Labute approximate surface area is 87.0 Å². The molecule has 0 spiro atoms. The van der Waals surface area contributed by atoms with Gasteiger partial charge in [-0.2, -0.15) is 0 Å². The molecule has 2 nitrogen and oxygen atoms in total. The zero-order valence-corrected chi connectivity index (χ0v) is 9.27. The zero-order valence-electron chi connectivity index (χ0n) is 9.27. The lowest BCUT2D eigenvalue weighted by Crippen LogP contribution is -2.04. The maximum absolute atomic E-state index is 11.1. The molecule has 0 aromatic carbocycles. The molecular weight excluding hydrogens is 176 g/mol. The average Bonchev–Trinajstić information content (AvgIpc) is 2.18. The topological polar surface area (TPSA) is 26.3 Å². The van der Waals surface area contributed by atoms with Crippen molar-refractivity contribution < 1.29 is 9.53 Å². The summed E-state index contributed by atoms with van der Waals surface area (Å²) in [6.07, 6.45) is 5.25. The summed E-state index contributed by atoms with van der Waals surface area (Å²) >= 11 is 0. The van der Waals surface area contributed by atoms with E-state index in [0.717, 1.165) is 25.7 Å². The van der Waals surface area contributed by atoms with Crippen molar-refractivity contribution in [3.05, 3.63) is 0 Å². The SMILES string of the molecule is CCC#CCCOC(=O)CCCCC. The van der Waals surface area contributed by atoms with Crippen molar-refractivity contribution >= 4 is 5.97 Å². The highest BCUT2D eigenvalue weighted by Gasteiger charge is 2.00. The average molecular weight is 196 g/mol. The van der Waals surface area contributed by atoms with E-state index in [2.05, 4.69) is 18.8 Å². The van der Waals surface area contributed by atoms with Gasteiger partial charge >= 0.3 is 5.97 Å². The van der Waals surface area contributed by atoms with E-state index in [-0.39, 0.29) is 5.97 Å². The first-order valence-electron chi connectivity index (χ1n) is 5.42. The summed E-state index contributed by atoms with van der Waals surface area (Å²) in [7, 11) is 0. The molecule has 0 aromatic rings. The second-order valence-corrected chi connectivity index (χ2v) is 3.13. The highest BCUT2D eigenvalue weighted by Crippen LogP contribution is 2.00. The minimum absolute atomic E-state index is 0.0863. The Kier molecular flexibility index (Phi) is 9.41. The molecule has 0 atom stereocenters. The van der Waals surface area contributed by atoms with E-state index in [4.69, 9.17) is 4.74 Å². The van der Waals surface area contributed by atoms with Crippen LogP contribution in [0.3, 0.4) is 0 Å². The van der Waals surface area contributed by atoms with Crippen LogP contribution in [0.1, 0.15) is 52.4 Å². The molecule has 0 bridgehead atoms. The molecule has 0 aliphatic rings. The first kappa shape index (κ1) is 13.0. The van der Waals surface area contributed by atoms with Gasteiger partial charge in [0.25, 0.3) is 0 Å². The van der Waals surface area contributed by atoms with Crippen LogP contribution in [-0.4, -0.2) is 12.6 Å². The first-order valence-corrected chi connectivity index (χ1v) is 5.42. The molecule has 0 heterocycles. The molecule has 0 aliphatic heterocycles. The third kappa shape index (κ3) is 9.12. The van der Waals surface area contributed by atoms with E-state index in [1.807, 2.05) is 6.92 Å². The van der Waals surface area contributed by atoms with Crippen molar-refractivity contribution in [3.63, 3.8) is 0 Å². The smallest absolute Gasteiger partial charge is 0.305 e. The fraction of sp³-hybridized carbons (Fsp3) is 0.750. The van der Waals surface area contributed by atoms with E-state index in [9.17, 15) is 4.79 Å². The maximum Gasteiger partial charge on any atom is 0.305 e. The normalized spacial score (nSPS) is 9.00. The Balaban J connectivity index is 3.26. The molecule has 2 heteroatoms. The largest absolute Gasteiger partial charge is 0.465 e. The minimum atomic E-state index is -0.0863. The van der Waals surface area contributed by atoms with E-state index in [1.165, 1.54) is 0 Å². The molecule has 0 amide bonds. The van der Waals surface area contributed by atoms with Crippen molar-refractivity contribution in [1.29, 1.82) is 0 Å². The molecule has 0 aliphatic carbocycles. The molecule has 0 radical (unpaired) electrons. The summed E-state index contributed by atoms with van der Waals surface area (Å²) < 4.78 is 4.99. The van der Waals surface area contributed by atoms with Crippen LogP contribution >= 0.6 is 0 Å². The van der Waals surface area contributed by atoms with Gasteiger partial charge in [-0.15, -0.1) is 5.92 Å². The number of ether oxygens (including phenoxy) is 1. The van der Waals surface area contributed by atoms with Crippen LogP contribution in [0.4, 0.5) is 0 Å². The van der Waals surface area contributed by atoms with Crippen LogP contribution in [0, 0.1) is 11.8 Å². The van der Waals surface area contributed by atoms with Gasteiger partial charge in [-0.25, -0.2) is 0 Å². The molecule has 80 valence electrons. The van der Waals surface area contributed by atoms with Crippen LogP contribution in [0.5, 0.6) is 0 Å². The Morgan fingerprint density at radius 2 is 2.00 bits per heavy atom. The zero-order chi connectivity index (χ0) is 10.6. The van der Waals surface area contributed by atoms with Crippen LogP contribution in [0.25, 0.3) is 0 Å². The van der Waals surface area contributed by atoms with Crippen LogP contribution in [0.2, 0.25) is 0 Å². The third-order valence-electron chi connectivity index (χ3n) is 1.78. The van der Waals surface area contributed by atoms with E-state index >= 15 is 0 Å². The van der Waals surface area contributed by atoms with Crippen LogP contribution in [0.15, 0.2) is 0 Å². The molecule has 0 aromatic heterocycles. The van der Waals surface area contributed by atoms with Crippen molar-refractivity contribution in [2.75, 3.05) is 6.61 Å². The number of esters is 1. The van der Waals surface area contributed by atoms with Gasteiger partial charge in [-0.1, -0.05) is 32.6 Å². The van der Waals surface area contributed by atoms with Gasteiger partial charge in [0.15, 0.2) is 0 Å². The standard InChI is InChI=1S/C12H20O2/c1-3-5-7-9-11-14-12(13)10-8-6-4-2/h3-4,6,8-11H2,1-2H3. The Morgan fingerprint density at radius 3 is 2.64 bits per heavy atom. The fourth-order valence-corrected chi connectivity index (χ4v) is 1.02. The molecule has 0 saturated heterocycles. The van der Waals surface area contributed by atoms with Gasteiger partial charge in [-0.3, -0.25) is 4.79 Å².